The first-order valence-corrected chi connectivity index (χ1v) is 15.2. The number of nitrogens with one attached hydrogen (secondary N) is 2. The summed E-state index contributed by atoms with van der Waals surface area (Å²) in [6.07, 6.45) is 14.1. The minimum Gasteiger partial charge on any atom is -0.459 e. The van der Waals surface area contributed by atoms with Crippen LogP contribution in [0.4, 0.5) is 0 Å². The second-order valence-electron chi connectivity index (χ2n) is 12.7. The molecule has 0 bridgehead atoms. The molecule has 0 radical (unpaired) electrons. The molecule has 0 aromatic carbocycles. The number of aliphatic hydroxyl groups excluding tert-OH is 1. The first-order chi connectivity index (χ1) is 19.4. The van der Waals surface area contributed by atoms with Gasteiger partial charge in [0.05, 0.1) is 36.9 Å². The van der Waals surface area contributed by atoms with E-state index in [4.69, 9.17) is 14.2 Å². The van der Waals surface area contributed by atoms with Crippen LogP contribution in [-0.2, 0) is 28.6 Å². The molecule has 2 heterocycles. The third kappa shape index (κ3) is 9.25. The Morgan fingerprint density at radius 2 is 1.83 bits per heavy atom. The Morgan fingerprint density at radius 3 is 2.49 bits per heavy atom. The van der Waals surface area contributed by atoms with Crippen molar-refractivity contribution in [3.8, 4) is 0 Å². The van der Waals surface area contributed by atoms with E-state index in [1.807, 2.05) is 26.0 Å². The Labute approximate surface area is 244 Å². The molecule has 41 heavy (non-hydrogen) atoms. The highest BCUT2D eigenvalue weighted by atomic mass is 16.5. The largest absolute Gasteiger partial charge is 0.459 e. The van der Waals surface area contributed by atoms with Gasteiger partial charge in [-0.15, -0.1) is 0 Å². The summed E-state index contributed by atoms with van der Waals surface area (Å²) in [7, 11) is 0. The average molecular weight is 573 g/mol. The number of hydrogen-bond donors (Lipinski definition) is 3. The smallest absolute Gasteiger partial charge is 0.303 e. The summed E-state index contributed by atoms with van der Waals surface area (Å²) in [5.74, 6) is -0.330. The normalized spacial score (nSPS) is 34.0. The van der Waals surface area contributed by atoms with E-state index in [0.717, 1.165) is 50.5 Å². The number of allylic oxidation sites excluding steroid dienone is 2. The standard InChI is InChI=1S/C32H48N2O7/c1-19(7-12-28-31(38)32(14-15-32)18-25(41-28)17-30(37)33-24-9-10-24)6-11-27-20(2)16-26(22(4)40-27)34-29(36)13-8-21(3)39-23(5)35/h6-8,12-13,20-22,24-28,31,38H,9-11,14-18H2,1-5H3,(H,33,37)(H,34,36)/b12-7+,13-8-,19-6+/t20-,21-,22+,25+,26+,27-,28+,31+/m0/s1. The Bertz CT molecular complexity index is 1040. The summed E-state index contributed by atoms with van der Waals surface area (Å²) in [5.41, 5.74) is 0.948. The summed E-state index contributed by atoms with van der Waals surface area (Å²) >= 11 is 0. The molecule has 2 aliphatic heterocycles. The molecule has 4 aliphatic rings. The zero-order valence-corrected chi connectivity index (χ0v) is 25.1. The van der Waals surface area contributed by atoms with Gasteiger partial charge in [0.1, 0.15) is 12.2 Å². The highest BCUT2D eigenvalue weighted by Crippen LogP contribution is 2.56. The van der Waals surface area contributed by atoms with E-state index in [1.54, 1.807) is 13.0 Å². The van der Waals surface area contributed by atoms with Crippen molar-refractivity contribution in [3.05, 3.63) is 36.0 Å². The third-order valence-electron chi connectivity index (χ3n) is 8.81. The van der Waals surface area contributed by atoms with Gasteiger partial charge in [0.25, 0.3) is 0 Å². The van der Waals surface area contributed by atoms with Crippen LogP contribution in [-0.4, -0.2) is 71.6 Å². The van der Waals surface area contributed by atoms with Gasteiger partial charge >= 0.3 is 5.97 Å². The van der Waals surface area contributed by atoms with E-state index in [-0.39, 0.29) is 53.5 Å². The molecule has 0 aromatic heterocycles. The molecule has 2 amide bonds. The lowest BCUT2D eigenvalue weighted by Gasteiger charge is -2.39. The van der Waals surface area contributed by atoms with Crippen LogP contribution >= 0.6 is 0 Å². The average Bonchev–Trinajstić information content (AvgIpc) is 3.83. The van der Waals surface area contributed by atoms with E-state index < -0.39 is 18.3 Å². The number of hydrogen-bond acceptors (Lipinski definition) is 7. The molecule has 4 fully saturated rings. The van der Waals surface area contributed by atoms with Crippen LogP contribution in [0.5, 0.6) is 0 Å². The Morgan fingerprint density at radius 1 is 1.10 bits per heavy atom. The van der Waals surface area contributed by atoms with Gasteiger partial charge in [-0.2, -0.15) is 0 Å². The molecule has 4 rings (SSSR count). The number of amides is 2. The summed E-state index contributed by atoms with van der Waals surface area (Å²) in [6, 6.07) is 0.232. The Kier molecular flexibility index (Phi) is 10.5. The topological polar surface area (TPSA) is 123 Å². The first kappa shape index (κ1) is 31.4. The highest BCUT2D eigenvalue weighted by Gasteiger charge is 2.56. The van der Waals surface area contributed by atoms with Gasteiger partial charge in [0, 0.05) is 24.5 Å². The van der Waals surface area contributed by atoms with Gasteiger partial charge in [-0.3, -0.25) is 14.4 Å². The SMILES string of the molecule is CC(=O)O[C@@H](C)/C=C\C(=O)N[C@@H]1C[C@H](C)[C@H](C/C=C(C)/C=C/[C@H]2O[C@H](CC(=O)NC3CC3)CC3(CC3)[C@@H]2O)O[C@@H]1C. The number of esters is 1. The molecule has 1 spiro atoms. The van der Waals surface area contributed by atoms with Gasteiger partial charge in [0.15, 0.2) is 0 Å². The predicted octanol–water partition coefficient (Wildman–Crippen LogP) is 3.65. The fourth-order valence-electron chi connectivity index (χ4n) is 6.00. The van der Waals surface area contributed by atoms with Crippen molar-refractivity contribution in [2.45, 2.75) is 135 Å². The maximum Gasteiger partial charge on any atom is 0.303 e. The number of aliphatic hydroxyl groups is 1. The lowest BCUT2D eigenvalue weighted by Crippen LogP contribution is -2.50. The van der Waals surface area contributed by atoms with Gasteiger partial charge < -0.3 is 30.0 Å². The number of rotatable bonds is 11. The third-order valence-corrected chi connectivity index (χ3v) is 8.81. The maximum atomic E-state index is 12.4. The summed E-state index contributed by atoms with van der Waals surface area (Å²) in [6.45, 7) is 9.18. The Balaban J connectivity index is 1.25. The number of ether oxygens (including phenoxy) is 3. The molecule has 9 nitrogen and oxygen atoms in total. The van der Waals surface area contributed by atoms with Crippen molar-refractivity contribution in [2.75, 3.05) is 0 Å². The molecule has 0 aromatic rings. The van der Waals surface area contributed by atoms with Crippen LogP contribution in [0.1, 0.15) is 86.0 Å². The molecule has 2 aliphatic carbocycles. The quantitative estimate of drug-likeness (QED) is 0.196. The molecule has 3 N–H and O–H groups in total. The van der Waals surface area contributed by atoms with Gasteiger partial charge in [-0.1, -0.05) is 30.7 Å². The lowest BCUT2D eigenvalue weighted by atomic mass is 9.84. The Hall–Kier alpha value is -2.49. The predicted molar refractivity (Wildman–Crippen MR) is 155 cm³/mol. The fourth-order valence-corrected chi connectivity index (χ4v) is 6.00. The van der Waals surface area contributed by atoms with Gasteiger partial charge in [0.2, 0.25) is 11.8 Å². The molecular formula is C32H48N2O7. The monoisotopic (exact) mass is 572 g/mol. The molecule has 2 saturated heterocycles. The number of carbonyl (C=O) groups excluding carboxylic acids is 3. The van der Waals surface area contributed by atoms with Crippen LogP contribution < -0.4 is 10.6 Å². The van der Waals surface area contributed by atoms with E-state index in [0.29, 0.717) is 12.5 Å². The van der Waals surface area contributed by atoms with Gasteiger partial charge in [-0.05, 0) is 77.7 Å². The van der Waals surface area contributed by atoms with Gasteiger partial charge in [-0.25, -0.2) is 0 Å². The fraction of sp³-hybridized carbons (Fsp3) is 0.719. The molecular weight excluding hydrogens is 524 g/mol. The van der Waals surface area contributed by atoms with E-state index in [9.17, 15) is 19.5 Å². The minimum absolute atomic E-state index is 0.0293. The zero-order chi connectivity index (χ0) is 29.7. The van der Waals surface area contributed by atoms with Crippen LogP contribution in [0.25, 0.3) is 0 Å². The molecule has 9 heteroatoms. The molecule has 2 saturated carbocycles. The van der Waals surface area contributed by atoms with Crippen molar-refractivity contribution in [2.24, 2.45) is 11.3 Å². The van der Waals surface area contributed by atoms with E-state index in [2.05, 4.69) is 23.6 Å². The van der Waals surface area contributed by atoms with Crippen molar-refractivity contribution in [1.82, 2.24) is 10.6 Å². The minimum atomic E-state index is -0.552. The summed E-state index contributed by atoms with van der Waals surface area (Å²) in [4.78, 5) is 35.8. The van der Waals surface area contributed by atoms with E-state index >= 15 is 0 Å². The molecule has 228 valence electrons. The summed E-state index contributed by atoms with van der Waals surface area (Å²) < 4.78 is 17.5. The first-order valence-electron chi connectivity index (χ1n) is 15.2. The maximum absolute atomic E-state index is 12.4. The second-order valence-corrected chi connectivity index (χ2v) is 12.7. The van der Waals surface area contributed by atoms with Crippen molar-refractivity contribution in [3.63, 3.8) is 0 Å². The van der Waals surface area contributed by atoms with Crippen molar-refractivity contribution in [1.29, 1.82) is 0 Å². The molecule has 8 atom stereocenters. The molecule has 0 unspecified atom stereocenters. The van der Waals surface area contributed by atoms with Crippen molar-refractivity contribution < 1.29 is 33.7 Å². The van der Waals surface area contributed by atoms with Crippen LogP contribution in [0.3, 0.4) is 0 Å². The summed E-state index contributed by atoms with van der Waals surface area (Å²) in [5, 5.41) is 17.0. The highest BCUT2D eigenvalue weighted by molar-refractivity contribution is 5.87. The van der Waals surface area contributed by atoms with Crippen LogP contribution in [0, 0.1) is 11.3 Å². The lowest BCUT2D eigenvalue weighted by molar-refractivity contribution is -0.146. The van der Waals surface area contributed by atoms with Crippen LogP contribution in [0.15, 0.2) is 36.0 Å². The zero-order valence-electron chi connectivity index (χ0n) is 25.1. The van der Waals surface area contributed by atoms with Crippen molar-refractivity contribution >= 4 is 17.8 Å². The van der Waals surface area contributed by atoms with Crippen LogP contribution in [0.2, 0.25) is 0 Å². The number of carbonyl (C=O) groups is 3. The second kappa shape index (κ2) is 13.7. The van der Waals surface area contributed by atoms with E-state index in [1.165, 1.54) is 13.0 Å².